The number of carbonyl (C=O) groups is 3. The zero-order valence-corrected chi connectivity index (χ0v) is 20.7. The fourth-order valence-corrected chi connectivity index (χ4v) is 4.89. The normalized spacial score (nSPS) is 10.7. The van der Waals surface area contributed by atoms with E-state index in [1.165, 1.54) is 30.8 Å². The number of ketones is 1. The lowest BCUT2D eigenvalue weighted by atomic mass is 10.1. The molecule has 0 aliphatic heterocycles. The van der Waals surface area contributed by atoms with E-state index in [1.807, 2.05) is 0 Å². The molecule has 1 aromatic carbocycles. The van der Waals surface area contributed by atoms with Gasteiger partial charge >= 0.3 is 5.97 Å². The van der Waals surface area contributed by atoms with Gasteiger partial charge < -0.3 is 19.9 Å². The second-order valence-corrected chi connectivity index (χ2v) is 9.16. The third-order valence-corrected chi connectivity index (χ3v) is 7.08. The van der Waals surface area contributed by atoms with Gasteiger partial charge in [0, 0.05) is 12.7 Å². The van der Waals surface area contributed by atoms with Gasteiger partial charge in [-0.2, -0.15) is 0 Å². The highest BCUT2D eigenvalue weighted by molar-refractivity contribution is 7.99. The number of aromatic nitrogens is 3. The van der Waals surface area contributed by atoms with Crippen molar-refractivity contribution in [3.8, 4) is 0 Å². The zero-order valence-electron chi connectivity index (χ0n) is 19.1. The highest BCUT2D eigenvalue weighted by Crippen LogP contribution is 2.34. The SMILES string of the molecule is CCOC(=O)c1c(NC(=O)CSc2nnc(CNc3ccc(F)cc3)n2C)sc(C(C)=O)c1C. The maximum atomic E-state index is 13.0. The predicted octanol–water partition coefficient (Wildman–Crippen LogP) is 4.05. The number of esters is 1. The van der Waals surface area contributed by atoms with Gasteiger partial charge in [0.15, 0.2) is 16.8 Å². The maximum absolute atomic E-state index is 13.0. The summed E-state index contributed by atoms with van der Waals surface area (Å²) in [6, 6.07) is 5.97. The van der Waals surface area contributed by atoms with Crippen molar-refractivity contribution in [3.63, 3.8) is 0 Å². The number of nitrogens with zero attached hydrogens (tertiary/aromatic N) is 3. The van der Waals surface area contributed by atoms with Crippen LogP contribution < -0.4 is 10.6 Å². The van der Waals surface area contributed by atoms with Crippen molar-refractivity contribution in [1.82, 2.24) is 14.8 Å². The Balaban J connectivity index is 1.63. The van der Waals surface area contributed by atoms with Crippen molar-refractivity contribution in [1.29, 1.82) is 0 Å². The van der Waals surface area contributed by atoms with Crippen LogP contribution in [0.5, 0.6) is 0 Å². The van der Waals surface area contributed by atoms with Gasteiger partial charge in [-0.15, -0.1) is 21.5 Å². The summed E-state index contributed by atoms with van der Waals surface area (Å²) in [6.45, 7) is 5.30. The molecule has 2 N–H and O–H groups in total. The summed E-state index contributed by atoms with van der Waals surface area (Å²) in [5.74, 6) is -0.794. The first-order chi connectivity index (χ1) is 16.2. The zero-order chi connectivity index (χ0) is 24.8. The van der Waals surface area contributed by atoms with Crippen molar-refractivity contribution in [2.45, 2.75) is 32.5 Å². The Hall–Kier alpha value is -3.25. The number of hydrogen-bond donors (Lipinski definition) is 2. The van der Waals surface area contributed by atoms with Crippen LogP contribution in [0.25, 0.3) is 0 Å². The molecule has 34 heavy (non-hydrogen) atoms. The van der Waals surface area contributed by atoms with Gasteiger partial charge in [-0.1, -0.05) is 11.8 Å². The van der Waals surface area contributed by atoms with E-state index in [1.54, 1.807) is 37.6 Å². The maximum Gasteiger partial charge on any atom is 0.341 e. The Morgan fingerprint density at radius 3 is 2.56 bits per heavy atom. The molecule has 12 heteroatoms. The van der Waals surface area contributed by atoms with E-state index in [0.717, 1.165) is 17.0 Å². The second kappa shape index (κ2) is 11.3. The molecular weight excluding hydrogens is 481 g/mol. The summed E-state index contributed by atoms with van der Waals surface area (Å²) < 4.78 is 19.9. The van der Waals surface area contributed by atoms with E-state index in [-0.39, 0.29) is 40.4 Å². The highest BCUT2D eigenvalue weighted by atomic mass is 32.2. The van der Waals surface area contributed by atoms with E-state index in [4.69, 9.17) is 4.74 Å². The molecule has 9 nitrogen and oxygen atoms in total. The van der Waals surface area contributed by atoms with Crippen LogP contribution in [0.15, 0.2) is 29.4 Å². The van der Waals surface area contributed by atoms with Gasteiger partial charge in [-0.25, -0.2) is 9.18 Å². The van der Waals surface area contributed by atoms with Crippen molar-refractivity contribution in [2.24, 2.45) is 7.05 Å². The molecule has 3 rings (SSSR count). The summed E-state index contributed by atoms with van der Waals surface area (Å²) in [7, 11) is 1.78. The monoisotopic (exact) mass is 505 g/mol. The lowest BCUT2D eigenvalue weighted by molar-refractivity contribution is -0.113. The second-order valence-electron chi connectivity index (χ2n) is 7.19. The lowest BCUT2D eigenvalue weighted by Gasteiger charge is -2.08. The van der Waals surface area contributed by atoms with Crippen molar-refractivity contribution >= 4 is 51.4 Å². The number of amides is 1. The third kappa shape index (κ3) is 6.00. The van der Waals surface area contributed by atoms with Crippen LogP contribution in [-0.4, -0.2) is 44.8 Å². The summed E-state index contributed by atoms with van der Waals surface area (Å²) in [4.78, 5) is 37.3. The molecule has 0 spiro atoms. The number of anilines is 2. The van der Waals surface area contributed by atoms with Crippen LogP contribution in [0.3, 0.4) is 0 Å². The molecular formula is C22H24FN5O4S2. The number of Topliss-reactive ketones (excluding diaryl/α,β-unsaturated/α-hetero) is 1. The average molecular weight is 506 g/mol. The quantitative estimate of drug-likeness (QED) is 0.241. The number of halogens is 1. The summed E-state index contributed by atoms with van der Waals surface area (Å²) in [5, 5.41) is 14.9. The molecule has 0 saturated heterocycles. The Bertz CT molecular complexity index is 1210. The van der Waals surface area contributed by atoms with Crippen LogP contribution >= 0.6 is 23.1 Å². The predicted molar refractivity (Wildman–Crippen MR) is 129 cm³/mol. The molecule has 180 valence electrons. The van der Waals surface area contributed by atoms with Crippen molar-refractivity contribution in [2.75, 3.05) is 23.0 Å². The van der Waals surface area contributed by atoms with Gasteiger partial charge in [-0.05, 0) is 50.6 Å². The minimum atomic E-state index is -0.585. The minimum absolute atomic E-state index is 0.0198. The van der Waals surface area contributed by atoms with Gasteiger partial charge in [0.2, 0.25) is 5.91 Å². The number of nitrogens with one attached hydrogen (secondary N) is 2. The number of benzene rings is 1. The van der Waals surface area contributed by atoms with E-state index in [2.05, 4.69) is 20.8 Å². The van der Waals surface area contributed by atoms with Crippen LogP contribution in [0.2, 0.25) is 0 Å². The fourth-order valence-electron chi connectivity index (χ4n) is 3.05. The first-order valence-corrected chi connectivity index (χ1v) is 12.1. The van der Waals surface area contributed by atoms with Crippen LogP contribution in [0.1, 0.15) is 45.3 Å². The Kier molecular flexibility index (Phi) is 8.40. The molecule has 2 heterocycles. The first kappa shape index (κ1) is 25.4. The van der Waals surface area contributed by atoms with Gasteiger partial charge in [-0.3, -0.25) is 9.59 Å². The number of ether oxygens (including phenoxy) is 1. The molecule has 0 aliphatic rings. The smallest absolute Gasteiger partial charge is 0.341 e. The van der Waals surface area contributed by atoms with Crippen molar-refractivity contribution in [3.05, 3.63) is 51.9 Å². The molecule has 0 aliphatic carbocycles. The first-order valence-electron chi connectivity index (χ1n) is 10.3. The lowest BCUT2D eigenvalue weighted by Crippen LogP contribution is -2.17. The Labute approximate surface area is 204 Å². The molecule has 3 aromatic rings. The van der Waals surface area contributed by atoms with Crippen LogP contribution in [-0.2, 0) is 23.1 Å². The molecule has 0 unspecified atom stereocenters. The van der Waals surface area contributed by atoms with E-state index >= 15 is 0 Å². The molecule has 0 saturated carbocycles. The molecule has 0 atom stereocenters. The molecule has 1 amide bonds. The summed E-state index contributed by atoms with van der Waals surface area (Å²) in [6.07, 6.45) is 0. The number of hydrogen-bond acceptors (Lipinski definition) is 9. The van der Waals surface area contributed by atoms with Crippen LogP contribution in [0, 0.1) is 12.7 Å². The van der Waals surface area contributed by atoms with E-state index in [9.17, 15) is 18.8 Å². The minimum Gasteiger partial charge on any atom is -0.462 e. The number of carbonyl (C=O) groups excluding carboxylic acids is 3. The summed E-state index contributed by atoms with van der Waals surface area (Å²) in [5.41, 5.74) is 1.43. The fraction of sp³-hybridized carbons (Fsp3) is 0.318. The third-order valence-electron chi connectivity index (χ3n) is 4.75. The van der Waals surface area contributed by atoms with E-state index in [0.29, 0.717) is 28.0 Å². The Morgan fingerprint density at radius 1 is 1.21 bits per heavy atom. The highest BCUT2D eigenvalue weighted by Gasteiger charge is 2.25. The molecule has 0 radical (unpaired) electrons. The van der Waals surface area contributed by atoms with Gasteiger partial charge in [0.1, 0.15) is 10.8 Å². The van der Waals surface area contributed by atoms with Gasteiger partial charge in [0.25, 0.3) is 0 Å². The number of thiophene rings is 1. The summed E-state index contributed by atoms with van der Waals surface area (Å²) >= 11 is 2.24. The average Bonchev–Trinajstić information content (AvgIpc) is 3.31. The molecule has 0 fully saturated rings. The van der Waals surface area contributed by atoms with E-state index < -0.39 is 5.97 Å². The standard InChI is InChI=1S/C22H24FN5O4S2/c1-5-32-21(31)18-12(2)19(13(3)29)34-20(18)25-17(30)11-33-22-27-26-16(28(22)4)10-24-15-8-6-14(23)7-9-15/h6-9,24H,5,10-11H2,1-4H3,(H,25,30). The topological polar surface area (TPSA) is 115 Å². The van der Waals surface area contributed by atoms with Crippen molar-refractivity contribution < 1.29 is 23.5 Å². The molecule has 2 aromatic heterocycles. The van der Waals surface area contributed by atoms with Crippen LogP contribution in [0.4, 0.5) is 15.1 Å². The number of rotatable bonds is 10. The molecule has 0 bridgehead atoms. The number of thioether (sulfide) groups is 1. The van der Waals surface area contributed by atoms with Gasteiger partial charge in [0.05, 0.1) is 29.3 Å². The Morgan fingerprint density at radius 2 is 1.91 bits per heavy atom. The largest absolute Gasteiger partial charge is 0.462 e.